The van der Waals surface area contributed by atoms with Gasteiger partial charge in [0.2, 0.25) is 0 Å². The molecule has 0 aromatic carbocycles. The predicted molar refractivity (Wildman–Crippen MR) is 45.8 cm³/mol. The van der Waals surface area contributed by atoms with Crippen molar-refractivity contribution in [2.75, 3.05) is 6.54 Å². The fourth-order valence-electron chi connectivity index (χ4n) is 1.78. The number of aromatic nitrogens is 3. The van der Waals surface area contributed by atoms with Crippen LogP contribution in [0.1, 0.15) is 30.4 Å². The van der Waals surface area contributed by atoms with Gasteiger partial charge in [0.1, 0.15) is 11.6 Å². The third-order valence-electron chi connectivity index (χ3n) is 2.38. The monoisotopic (exact) mass is 166 g/mol. The van der Waals surface area contributed by atoms with Gasteiger partial charge in [-0.05, 0) is 19.8 Å². The molecule has 0 fully saturated rings. The highest BCUT2D eigenvalue weighted by molar-refractivity contribution is 5.02. The van der Waals surface area contributed by atoms with Crippen LogP contribution in [-0.2, 0) is 6.54 Å². The summed E-state index contributed by atoms with van der Waals surface area (Å²) in [5, 5.41) is 4.30. The van der Waals surface area contributed by atoms with E-state index in [2.05, 4.69) is 10.1 Å². The fraction of sp³-hybridized carbons (Fsp3) is 0.750. The summed E-state index contributed by atoms with van der Waals surface area (Å²) in [6.45, 7) is 3.63. The smallest absolute Gasteiger partial charge is 0.147 e. The number of aryl methyl sites for hydroxylation is 2. The van der Waals surface area contributed by atoms with E-state index in [9.17, 15) is 0 Å². The lowest BCUT2D eigenvalue weighted by Crippen LogP contribution is -2.22. The third kappa shape index (κ3) is 1.12. The van der Waals surface area contributed by atoms with Gasteiger partial charge >= 0.3 is 0 Å². The van der Waals surface area contributed by atoms with Gasteiger partial charge in [-0.25, -0.2) is 9.67 Å². The van der Waals surface area contributed by atoms with E-state index in [0.717, 1.165) is 24.6 Å². The summed E-state index contributed by atoms with van der Waals surface area (Å²) in [6, 6.07) is 0. The molecule has 0 saturated heterocycles. The molecule has 0 aliphatic carbocycles. The molecular weight excluding hydrogens is 152 g/mol. The maximum absolute atomic E-state index is 5.65. The van der Waals surface area contributed by atoms with Crippen molar-refractivity contribution in [3.63, 3.8) is 0 Å². The van der Waals surface area contributed by atoms with Crippen LogP contribution in [0.2, 0.25) is 0 Å². The summed E-state index contributed by atoms with van der Waals surface area (Å²) < 4.78 is 2.00. The van der Waals surface area contributed by atoms with Crippen LogP contribution in [0.25, 0.3) is 0 Å². The van der Waals surface area contributed by atoms with Crippen molar-refractivity contribution in [2.24, 2.45) is 5.73 Å². The van der Waals surface area contributed by atoms with Gasteiger partial charge in [0.25, 0.3) is 0 Å². The Morgan fingerprint density at radius 3 is 3.25 bits per heavy atom. The molecule has 1 aliphatic rings. The summed E-state index contributed by atoms with van der Waals surface area (Å²) in [7, 11) is 0. The number of nitrogens with two attached hydrogens (primary N) is 1. The van der Waals surface area contributed by atoms with Crippen molar-refractivity contribution in [2.45, 2.75) is 32.2 Å². The highest BCUT2D eigenvalue weighted by atomic mass is 15.4. The summed E-state index contributed by atoms with van der Waals surface area (Å²) in [6.07, 6.45) is 2.34. The molecule has 1 aromatic heterocycles. The van der Waals surface area contributed by atoms with Gasteiger partial charge in [-0.3, -0.25) is 0 Å². The summed E-state index contributed by atoms with van der Waals surface area (Å²) in [5.74, 6) is 2.38. The molecule has 2 heterocycles. The highest BCUT2D eigenvalue weighted by Gasteiger charge is 2.21. The van der Waals surface area contributed by atoms with Crippen molar-refractivity contribution >= 4 is 0 Å². The minimum atomic E-state index is 0.431. The van der Waals surface area contributed by atoms with Gasteiger partial charge in [0.15, 0.2) is 0 Å². The van der Waals surface area contributed by atoms with E-state index in [0.29, 0.717) is 12.5 Å². The predicted octanol–water partition coefficient (Wildman–Crippen LogP) is 0.423. The molecule has 0 bridgehead atoms. The van der Waals surface area contributed by atoms with E-state index >= 15 is 0 Å². The normalized spacial score (nSPS) is 22.3. The Hall–Kier alpha value is -0.900. The summed E-state index contributed by atoms with van der Waals surface area (Å²) in [4.78, 5) is 4.38. The SMILES string of the molecule is Cc1nc2n(n1)CCCC2CN. The average molecular weight is 166 g/mol. The second-order valence-electron chi connectivity index (χ2n) is 3.32. The van der Waals surface area contributed by atoms with E-state index in [1.807, 2.05) is 11.6 Å². The Morgan fingerprint density at radius 1 is 1.67 bits per heavy atom. The molecule has 4 nitrogen and oxygen atoms in total. The Bertz CT molecular complexity index is 279. The van der Waals surface area contributed by atoms with Gasteiger partial charge < -0.3 is 5.73 Å². The number of nitrogens with zero attached hydrogens (tertiary/aromatic N) is 3. The molecule has 2 N–H and O–H groups in total. The van der Waals surface area contributed by atoms with Crippen LogP contribution < -0.4 is 5.73 Å². The van der Waals surface area contributed by atoms with Crippen molar-refractivity contribution in [1.82, 2.24) is 14.8 Å². The molecule has 66 valence electrons. The molecular formula is C8H14N4. The van der Waals surface area contributed by atoms with Crippen molar-refractivity contribution in [3.8, 4) is 0 Å². The number of hydrogen-bond acceptors (Lipinski definition) is 3. The number of rotatable bonds is 1. The molecule has 1 unspecified atom stereocenters. The lowest BCUT2D eigenvalue weighted by Gasteiger charge is -2.19. The van der Waals surface area contributed by atoms with Gasteiger partial charge in [0.05, 0.1) is 0 Å². The largest absolute Gasteiger partial charge is 0.330 e. The quantitative estimate of drug-likeness (QED) is 0.658. The summed E-state index contributed by atoms with van der Waals surface area (Å²) in [5.41, 5.74) is 5.65. The molecule has 0 amide bonds. The first-order chi connectivity index (χ1) is 5.81. The van der Waals surface area contributed by atoms with E-state index in [1.165, 1.54) is 6.42 Å². The van der Waals surface area contributed by atoms with Gasteiger partial charge in [-0.2, -0.15) is 5.10 Å². The van der Waals surface area contributed by atoms with E-state index in [1.54, 1.807) is 0 Å². The second kappa shape index (κ2) is 2.86. The molecule has 0 radical (unpaired) electrons. The Morgan fingerprint density at radius 2 is 2.50 bits per heavy atom. The molecule has 0 spiro atoms. The third-order valence-corrected chi connectivity index (χ3v) is 2.38. The standard InChI is InChI=1S/C8H14N4/c1-6-10-8-7(5-9)3-2-4-12(8)11-6/h7H,2-5,9H2,1H3. The Labute approximate surface area is 71.8 Å². The first-order valence-corrected chi connectivity index (χ1v) is 4.42. The fourth-order valence-corrected chi connectivity index (χ4v) is 1.78. The molecule has 1 atom stereocenters. The van der Waals surface area contributed by atoms with Gasteiger partial charge in [0, 0.05) is 19.0 Å². The second-order valence-corrected chi connectivity index (χ2v) is 3.32. The highest BCUT2D eigenvalue weighted by Crippen LogP contribution is 2.23. The van der Waals surface area contributed by atoms with Crippen molar-refractivity contribution in [3.05, 3.63) is 11.6 Å². The molecule has 4 heteroatoms. The number of hydrogen-bond donors (Lipinski definition) is 1. The summed E-state index contributed by atoms with van der Waals surface area (Å²) >= 11 is 0. The zero-order valence-electron chi connectivity index (χ0n) is 7.32. The van der Waals surface area contributed by atoms with E-state index < -0.39 is 0 Å². The Balaban J connectivity index is 2.36. The minimum Gasteiger partial charge on any atom is -0.330 e. The van der Waals surface area contributed by atoms with Crippen LogP contribution >= 0.6 is 0 Å². The van der Waals surface area contributed by atoms with Crippen LogP contribution in [0.3, 0.4) is 0 Å². The molecule has 2 rings (SSSR count). The molecule has 0 saturated carbocycles. The van der Waals surface area contributed by atoms with E-state index in [4.69, 9.17) is 5.73 Å². The van der Waals surface area contributed by atoms with Gasteiger partial charge in [-0.1, -0.05) is 0 Å². The van der Waals surface area contributed by atoms with Crippen LogP contribution in [0.15, 0.2) is 0 Å². The lowest BCUT2D eigenvalue weighted by atomic mass is 10.00. The van der Waals surface area contributed by atoms with Crippen molar-refractivity contribution < 1.29 is 0 Å². The van der Waals surface area contributed by atoms with E-state index in [-0.39, 0.29) is 0 Å². The first-order valence-electron chi connectivity index (χ1n) is 4.42. The molecule has 1 aliphatic heterocycles. The lowest BCUT2D eigenvalue weighted by molar-refractivity contribution is 0.419. The van der Waals surface area contributed by atoms with Crippen LogP contribution in [0.5, 0.6) is 0 Å². The maximum Gasteiger partial charge on any atom is 0.147 e. The Kier molecular flexibility index (Phi) is 1.84. The number of fused-ring (bicyclic) bond motifs is 1. The van der Waals surface area contributed by atoms with Gasteiger partial charge in [-0.15, -0.1) is 0 Å². The maximum atomic E-state index is 5.65. The van der Waals surface area contributed by atoms with Crippen molar-refractivity contribution in [1.29, 1.82) is 0 Å². The first kappa shape index (κ1) is 7.73. The molecule has 12 heavy (non-hydrogen) atoms. The van der Waals surface area contributed by atoms with Crippen LogP contribution in [0, 0.1) is 6.92 Å². The van der Waals surface area contributed by atoms with Crippen LogP contribution in [-0.4, -0.2) is 21.3 Å². The van der Waals surface area contributed by atoms with Crippen LogP contribution in [0.4, 0.5) is 0 Å². The molecule has 1 aromatic rings. The minimum absolute atomic E-state index is 0.431. The zero-order valence-corrected chi connectivity index (χ0v) is 7.32. The zero-order chi connectivity index (χ0) is 8.55. The average Bonchev–Trinajstić information content (AvgIpc) is 2.44. The topological polar surface area (TPSA) is 56.7 Å².